The van der Waals surface area contributed by atoms with E-state index in [1.54, 1.807) is 0 Å². The fraction of sp³-hybridized carbons (Fsp3) is 0.167. The first kappa shape index (κ1) is 21.9. The molecule has 0 radical (unpaired) electrons. The van der Waals surface area contributed by atoms with Crippen molar-refractivity contribution in [2.45, 2.75) is 6.10 Å². The lowest BCUT2D eigenvalue weighted by Gasteiger charge is -2.16. The van der Waals surface area contributed by atoms with Crippen LogP contribution in [0.4, 0.5) is 11.4 Å². The molecule has 0 aliphatic carbocycles. The summed E-state index contributed by atoms with van der Waals surface area (Å²) >= 11 is 0. The van der Waals surface area contributed by atoms with E-state index in [0.29, 0.717) is 0 Å². The van der Waals surface area contributed by atoms with Gasteiger partial charge in [-0.25, -0.2) is 14.4 Å². The lowest BCUT2D eigenvalue weighted by Crippen LogP contribution is -2.33. The third-order valence-electron chi connectivity index (χ3n) is 3.71. The van der Waals surface area contributed by atoms with Gasteiger partial charge in [0.05, 0.1) is 28.1 Å². The molecule has 1 unspecified atom stereocenters. The van der Waals surface area contributed by atoms with E-state index < -0.39 is 40.5 Å². The lowest BCUT2D eigenvalue weighted by molar-refractivity contribution is -0.385. The van der Waals surface area contributed by atoms with Crippen LogP contribution in [0.15, 0.2) is 48.5 Å². The quantitative estimate of drug-likeness (QED) is 0.268. The molecule has 2 aromatic rings. The number of hydrogen-bond acceptors (Lipinski definition) is 10. The predicted molar refractivity (Wildman–Crippen MR) is 97.7 cm³/mol. The third kappa shape index (κ3) is 5.58. The Morgan fingerprint density at radius 3 is 1.67 bits per heavy atom. The molecule has 0 bridgehead atoms. The number of non-ortho nitro benzene ring substituents is 2. The van der Waals surface area contributed by atoms with Crippen LogP contribution in [0.5, 0.6) is 0 Å². The Bertz CT molecular complexity index is 969. The number of nitro benzene ring substituents is 2. The zero-order valence-corrected chi connectivity index (χ0v) is 15.4. The molecule has 156 valence electrons. The second kappa shape index (κ2) is 9.73. The molecule has 12 nitrogen and oxygen atoms in total. The molecule has 2 rings (SSSR count). The van der Waals surface area contributed by atoms with Gasteiger partial charge in [0.15, 0.2) is 0 Å². The van der Waals surface area contributed by atoms with Crippen LogP contribution in [0.25, 0.3) is 0 Å². The molecule has 0 spiro atoms. The first-order valence-corrected chi connectivity index (χ1v) is 8.17. The number of nitro groups is 2. The molecule has 0 amide bonds. The highest BCUT2D eigenvalue weighted by molar-refractivity contribution is 5.92. The number of benzene rings is 2. The van der Waals surface area contributed by atoms with Gasteiger partial charge in [-0.1, -0.05) is 0 Å². The number of carbonyl (C=O) groups is 3. The topological polar surface area (TPSA) is 165 Å². The summed E-state index contributed by atoms with van der Waals surface area (Å²) in [5.74, 6) is -2.90. The number of carbonyl (C=O) groups excluding carboxylic acids is 3. The van der Waals surface area contributed by atoms with Gasteiger partial charge in [-0.05, 0) is 24.3 Å². The van der Waals surface area contributed by atoms with E-state index in [1.807, 2.05) is 0 Å². The summed E-state index contributed by atoms with van der Waals surface area (Å²) in [6.07, 6.45) is -1.60. The average Bonchev–Trinajstić information content (AvgIpc) is 2.75. The minimum atomic E-state index is -1.60. The summed E-state index contributed by atoms with van der Waals surface area (Å²) in [6, 6.07) is 8.96. The predicted octanol–water partition coefficient (Wildman–Crippen LogP) is 2.06. The average molecular weight is 418 g/mol. The highest BCUT2D eigenvalue weighted by Gasteiger charge is 2.27. The van der Waals surface area contributed by atoms with Gasteiger partial charge >= 0.3 is 17.9 Å². The lowest BCUT2D eigenvalue weighted by atomic mass is 10.2. The van der Waals surface area contributed by atoms with Crippen molar-refractivity contribution in [1.29, 1.82) is 0 Å². The van der Waals surface area contributed by atoms with Crippen LogP contribution in [-0.4, -0.2) is 47.6 Å². The number of nitrogens with zero attached hydrogens (tertiary/aromatic N) is 2. The smallest absolute Gasteiger partial charge is 0.350 e. The van der Waals surface area contributed by atoms with E-state index in [9.17, 15) is 34.6 Å². The van der Waals surface area contributed by atoms with Gasteiger partial charge in [0.2, 0.25) is 6.10 Å². The molecule has 12 heteroatoms. The van der Waals surface area contributed by atoms with E-state index >= 15 is 0 Å². The molecule has 0 aromatic heterocycles. The van der Waals surface area contributed by atoms with Gasteiger partial charge < -0.3 is 14.2 Å². The maximum atomic E-state index is 12.2. The molecule has 0 fully saturated rings. The molecule has 0 aliphatic heterocycles. The Morgan fingerprint density at radius 2 is 1.27 bits per heavy atom. The molecule has 0 saturated carbocycles. The Kier molecular flexibility index (Phi) is 7.11. The van der Waals surface area contributed by atoms with Crippen molar-refractivity contribution in [2.75, 3.05) is 13.7 Å². The van der Waals surface area contributed by atoms with Gasteiger partial charge in [-0.15, -0.1) is 0 Å². The standard InChI is InChI=1S/C18H14N2O10/c1-28-18(23)15(30-17(22)12-4-8-14(9-5-12)20(26)27)10-29-16(21)11-2-6-13(7-3-11)19(24)25/h2-9,15H,10H2,1H3. The van der Waals surface area contributed by atoms with Gasteiger partial charge in [0.1, 0.15) is 6.61 Å². The molecule has 1 atom stereocenters. The van der Waals surface area contributed by atoms with Gasteiger partial charge in [0.25, 0.3) is 11.4 Å². The second-order valence-corrected chi connectivity index (χ2v) is 5.62. The Balaban J connectivity index is 2.03. The van der Waals surface area contributed by atoms with Crippen molar-refractivity contribution in [2.24, 2.45) is 0 Å². The first-order valence-electron chi connectivity index (χ1n) is 8.17. The highest BCUT2D eigenvalue weighted by Crippen LogP contribution is 2.15. The molecule has 0 aliphatic rings. The van der Waals surface area contributed by atoms with E-state index in [4.69, 9.17) is 9.47 Å². The van der Waals surface area contributed by atoms with E-state index in [0.717, 1.165) is 55.6 Å². The van der Waals surface area contributed by atoms with E-state index in [2.05, 4.69) is 4.74 Å². The van der Waals surface area contributed by atoms with Crippen molar-refractivity contribution >= 4 is 29.3 Å². The Morgan fingerprint density at radius 1 is 0.833 bits per heavy atom. The van der Waals surface area contributed by atoms with Gasteiger partial charge in [-0.3, -0.25) is 20.2 Å². The maximum absolute atomic E-state index is 12.2. The van der Waals surface area contributed by atoms with Gasteiger partial charge in [-0.2, -0.15) is 0 Å². The summed E-state index contributed by atoms with van der Waals surface area (Å²) in [6.45, 7) is -0.679. The molecule has 0 saturated heterocycles. The number of ether oxygens (including phenoxy) is 3. The van der Waals surface area contributed by atoms with Crippen molar-refractivity contribution in [3.8, 4) is 0 Å². The largest absolute Gasteiger partial charge is 0.466 e. The van der Waals surface area contributed by atoms with Crippen LogP contribution in [0, 0.1) is 20.2 Å². The van der Waals surface area contributed by atoms with E-state index in [-0.39, 0.29) is 22.5 Å². The van der Waals surface area contributed by atoms with Crippen molar-refractivity contribution < 1.29 is 38.4 Å². The van der Waals surface area contributed by atoms with Crippen molar-refractivity contribution in [1.82, 2.24) is 0 Å². The summed E-state index contributed by atoms with van der Waals surface area (Å²) in [5.41, 5.74) is -0.564. The number of esters is 3. The zero-order chi connectivity index (χ0) is 22.3. The summed E-state index contributed by atoms with van der Waals surface area (Å²) in [7, 11) is 1.03. The summed E-state index contributed by atoms with van der Waals surface area (Å²) in [5, 5.41) is 21.3. The maximum Gasteiger partial charge on any atom is 0.350 e. The van der Waals surface area contributed by atoms with Crippen LogP contribution in [0.2, 0.25) is 0 Å². The summed E-state index contributed by atoms with van der Waals surface area (Å²) < 4.78 is 14.4. The molecule has 0 N–H and O–H groups in total. The van der Waals surface area contributed by atoms with E-state index in [1.165, 1.54) is 0 Å². The Labute approximate surface area is 168 Å². The molecular formula is C18H14N2O10. The Hall–Kier alpha value is -4.35. The summed E-state index contributed by atoms with van der Waals surface area (Å²) in [4.78, 5) is 56.1. The minimum absolute atomic E-state index is 0.0223. The first-order chi connectivity index (χ1) is 14.2. The monoisotopic (exact) mass is 418 g/mol. The molecular weight excluding hydrogens is 404 g/mol. The number of hydrogen-bond donors (Lipinski definition) is 0. The van der Waals surface area contributed by atoms with Gasteiger partial charge in [0, 0.05) is 24.3 Å². The fourth-order valence-electron chi connectivity index (χ4n) is 2.15. The number of rotatable bonds is 8. The SMILES string of the molecule is COC(=O)C(COC(=O)c1ccc([N+](=O)[O-])cc1)OC(=O)c1ccc([N+](=O)[O-])cc1. The molecule has 2 aromatic carbocycles. The second-order valence-electron chi connectivity index (χ2n) is 5.62. The normalized spacial score (nSPS) is 11.1. The number of methoxy groups -OCH3 is 1. The fourth-order valence-corrected chi connectivity index (χ4v) is 2.15. The van der Waals surface area contributed by atoms with Crippen LogP contribution in [-0.2, 0) is 19.0 Å². The van der Waals surface area contributed by atoms with Crippen molar-refractivity contribution in [3.05, 3.63) is 79.9 Å². The van der Waals surface area contributed by atoms with Crippen molar-refractivity contribution in [3.63, 3.8) is 0 Å². The minimum Gasteiger partial charge on any atom is -0.466 e. The third-order valence-corrected chi connectivity index (χ3v) is 3.71. The highest BCUT2D eigenvalue weighted by atomic mass is 16.6. The van der Waals surface area contributed by atoms with Crippen LogP contribution < -0.4 is 0 Å². The molecule has 30 heavy (non-hydrogen) atoms. The molecule has 0 heterocycles. The van der Waals surface area contributed by atoms with Crippen LogP contribution in [0.1, 0.15) is 20.7 Å². The van der Waals surface area contributed by atoms with Crippen LogP contribution in [0.3, 0.4) is 0 Å². The van der Waals surface area contributed by atoms with Crippen LogP contribution >= 0.6 is 0 Å². The zero-order valence-electron chi connectivity index (χ0n) is 15.4.